The minimum absolute atomic E-state index is 0.204. The molecule has 1 aliphatic rings. The highest BCUT2D eigenvalue weighted by Gasteiger charge is 2.28. The molecule has 0 saturated carbocycles. The normalized spacial score (nSPS) is 15.5. The molecule has 1 saturated heterocycles. The second-order valence-electron chi connectivity index (χ2n) is 6.54. The number of nitrogens with one attached hydrogen (secondary N) is 2. The first-order chi connectivity index (χ1) is 12.8. The van der Waals surface area contributed by atoms with Crippen LogP contribution < -0.4 is 0 Å². The molecule has 27 heavy (non-hydrogen) atoms. The Hall–Kier alpha value is -2.35. The van der Waals surface area contributed by atoms with Gasteiger partial charge < -0.3 is 10.1 Å². The lowest BCUT2D eigenvalue weighted by Gasteiger charge is -2.27. The molecule has 1 fully saturated rings. The van der Waals surface area contributed by atoms with E-state index in [1.807, 2.05) is 12.1 Å². The van der Waals surface area contributed by atoms with Crippen LogP contribution in [0, 0.1) is 17.7 Å². The third kappa shape index (κ3) is 3.85. The van der Waals surface area contributed by atoms with E-state index in [4.69, 9.17) is 15.6 Å². The van der Waals surface area contributed by atoms with Crippen molar-refractivity contribution in [2.24, 2.45) is 0 Å². The van der Waals surface area contributed by atoms with Gasteiger partial charge in [0.15, 0.2) is 0 Å². The van der Waals surface area contributed by atoms with Crippen LogP contribution in [0.3, 0.4) is 0 Å². The first-order valence-electron chi connectivity index (χ1n) is 8.75. The van der Waals surface area contributed by atoms with E-state index in [0.717, 1.165) is 0 Å². The molecular formula is C20H23N3O3S. The molecule has 2 aromatic carbocycles. The summed E-state index contributed by atoms with van der Waals surface area (Å²) in [6, 6.07) is 12.3. The number of morpholine rings is 1. The van der Waals surface area contributed by atoms with Crippen LogP contribution in [0.5, 0.6) is 0 Å². The van der Waals surface area contributed by atoms with E-state index in [1.165, 1.54) is 4.31 Å². The van der Waals surface area contributed by atoms with Gasteiger partial charge >= 0.3 is 0 Å². The van der Waals surface area contributed by atoms with Crippen molar-refractivity contribution < 1.29 is 13.2 Å². The van der Waals surface area contributed by atoms with Gasteiger partial charge in [-0.2, -0.15) is 4.31 Å². The average Bonchev–Trinajstić information content (AvgIpc) is 2.68. The summed E-state index contributed by atoms with van der Waals surface area (Å²) < 4.78 is 32.8. The molecule has 1 aliphatic heterocycles. The Kier molecular flexibility index (Phi) is 5.55. The maximum atomic E-state index is 13.1. The van der Waals surface area contributed by atoms with Crippen molar-refractivity contribution in [2.45, 2.75) is 18.7 Å². The maximum absolute atomic E-state index is 13.1. The second kappa shape index (κ2) is 7.72. The van der Waals surface area contributed by atoms with E-state index in [9.17, 15) is 8.42 Å². The second-order valence-corrected chi connectivity index (χ2v) is 8.45. The Bertz CT molecular complexity index is 993. The van der Waals surface area contributed by atoms with Crippen molar-refractivity contribution in [3.8, 4) is 0 Å². The minimum Gasteiger partial charge on any atom is -0.379 e. The zero-order valence-corrected chi connectivity index (χ0v) is 16.3. The summed E-state index contributed by atoms with van der Waals surface area (Å²) in [6.07, 6.45) is 0. The van der Waals surface area contributed by atoms with Crippen LogP contribution in [0.25, 0.3) is 0 Å². The number of nitrogens with zero attached hydrogens (tertiary/aromatic N) is 1. The molecule has 0 unspecified atom stereocenters. The molecule has 0 bridgehead atoms. The van der Waals surface area contributed by atoms with Crippen LogP contribution in [0.1, 0.15) is 29.2 Å². The fraction of sp³-hybridized carbons (Fsp3) is 0.300. The van der Waals surface area contributed by atoms with Gasteiger partial charge in [-0.15, -0.1) is 0 Å². The molecule has 0 amide bonds. The monoisotopic (exact) mass is 385 g/mol. The topological polar surface area (TPSA) is 94.3 Å². The Morgan fingerprint density at radius 2 is 1.67 bits per heavy atom. The van der Waals surface area contributed by atoms with Gasteiger partial charge in [0.2, 0.25) is 10.0 Å². The van der Waals surface area contributed by atoms with Gasteiger partial charge in [-0.25, -0.2) is 8.42 Å². The van der Waals surface area contributed by atoms with E-state index in [-0.39, 0.29) is 10.6 Å². The van der Waals surface area contributed by atoms with Crippen LogP contribution in [-0.2, 0) is 14.8 Å². The zero-order valence-electron chi connectivity index (χ0n) is 15.5. The number of hydrogen-bond donors (Lipinski definition) is 2. The Balaban J connectivity index is 2.03. The highest BCUT2D eigenvalue weighted by atomic mass is 32.2. The SMILES string of the molecule is CC(=N)c1ccccc1C(=N)c1ccc(C)c(S(=O)(=O)N2CCOCC2)c1. The quantitative estimate of drug-likeness (QED) is 0.775. The van der Waals surface area contributed by atoms with E-state index < -0.39 is 10.0 Å². The van der Waals surface area contributed by atoms with E-state index in [0.29, 0.717) is 54.3 Å². The zero-order chi connectivity index (χ0) is 19.6. The Morgan fingerprint density at radius 1 is 1.04 bits per heavy atom. The fourth-order valence-corrected chi connectivity index (χ4v) is 4.80. The summed E-state index contributed by atoms with van der Waals surface area (Å²) in [4.78, 5) is 0.218. The highest BCUT2D eigenvalue weighted by Crippen LogP contribution is 2.24. The molecule has 0 aromatic heterocycles. The van der Waals surface area contributed by atoms with E-state index >= 15 is 0 Å². The molecule has 0 spiro atoms. The van der Waals surface area contributed by atoms with Gasteiger partial charge in [-0.1, -0.05) is 36.4 Å². The summed E-state index contributed by atoms with van der Waals surface area (Å²) in [5, 5.41) is 16.5. The number of sulfonamides is 1. The molecular weight excluding hydrogens is 362 g/mol. The van der Waals surface area contributed by atoms with Crippen LogP contribution in [0.15, 0.2) is 47.4 Å². The van der Waals surface area contributed by atoms with Crippen LogP contribution in [0.2, 0.25) is 0 Å². The number of ether oxygens (including phenoxy) is 1. The van der Waals surface area contributed by atoms with Gasteiger partial charge in [0.05, 0.1) is 23.8 Å². The number of hydrogen-bond acceptors (Lipinski definition) is 5. The number of rotatable bonds is 5. The third-order valence-electron chi connectivity index (χ3n) is 4.67. The van der Waals surface area contributed by atoms with Crippen molar-refractivity contribution in [1.82, 2.24) is 4.31 Å². The summed E-state index contributed by atoms with van der Waals surface area (Å²) in [5.41, 5.74) is 3.01. The standard InChI is InChI=1S/C20H23N3O3S/c1-14-7-8-16(20(22)18-6-4-3-5-17(18)15(2)21)13-19(14)27(24,25)23-9-11-26-12-10-23/h3-8,13,21-22H,9-12H2,1-2H3. The number of aryl methyl sites for hydroxylation is 1. The molecule has 1 heterocycles. The molecule has 142 valence electrons. The average molecular weight is 385 g/mol. The first kappa shape index (κ1) is 19.4. The van der Waals surface area contributed by atoms with Crippen LogP contribution in [-0.4, -0.2) is 50.4 Å². The van der Waals surface area contributed by atoms with Crippen LogP contribution in [0.4, 0.5) is 0 Å². The molecule has 2 aromatic rings. The van der Waals surface area contributed by atoms with Gasteiger partial charge in [-0.05, 0) is 25.5 Å². The highest BCUT2D eigenvalue weighted by molar-refractivity contribution is 7.89. The van der Waals surface area contributed by atoms with Gasteiger partial charge in [-0.3, -0.25) is 5.41 Å². The van der Waals surface area contributed by atoms with Crippen molar-refractivity contribution >= 4 is 21.4 Å². The lowest BCUT2D eigenvalue weighted by Crippen LogP contribution is -2.40. The smallest absolute Gasteiger partial charge is 0.243 e. The van der Waals surface area contributed by atoms with Crippen molar-refractivity contribution in [2.75, 3.05) is 26.3 Å². The molecule has 6 nitrogen and oxygen atoms in total. The summed E-state index contributed by atoms with van der Waals surface area (Å²) in [6.45, 7) is 4.88. The lowest BCUT2D eigenvalue weighted by molar-refractivity contribution is 0.0730. The summed E-state index contributed by atoms with van der Waals surface area (Å²) >= 11 is 0. The predicted molar refractivity (Wildman–Crippen MR) is 106 cm³/mol. The molecule has 0 aliphatic carbocycles. The molecule has 2 N–H and O–H groups in total. The van der Waals surface area contributed by atoms with Crippen molar-refractivity contribution in [1.29, 1.82) is 10.8 Å². The fourth-order valence-electron chi connectivity index (χ4n) is 3.14. The summed E-state index contributed by atoms with van der Waals surface area (Å²) in [5.74, 6) is 0. The van der Waals surface area contributed by atoms with Crippen molar-refractivity contribution in [3.63, 3.8) is 0 Å². The minimum atomic E-state index is -3.64. The van der Waals surface area contributed by atoms with E-state index in [2.05, 4.69) is 0 Å². The maximum Gasteiger partial charge on any atom is 0.243 e. The Morgan fingerprint density at radius 3 is 2.30 bits per heavy atom. The van der Waals surface area contributed by atoms with Gasteiger partial charge in [0, 0.05) is 35.5 Å². The number of benzene rings is 2. The molecule has 3 rings (SSSR count). The first-order valence-corrected chi connectivity index (χ1v) is 10.2. The Labute approximate surface area is 159 Å². The van der Waals surface area contributed by atoms with Crippen molar-refractivity contribution in [3.05, 3.63) is 64.7 Å². The summed E-state index contributed by atoms with van der Waals surface area (Å²) in [7, 11) is -3.64. The van der Waals surface area contributed by atoms with Gasteiger partial charge in [0.1, 0.15) is 0 Å². The predicted octanol–water partition coefficient (Wildman–Crippen LogP) is 2.82. The third-order valence-corrected chi connectivity index (χ3v) is 6.71. The lowest BCUT2D eigenvalue weighted by atomic mass is 9.95. The largest absolute Gasteiger partial charge is 0.379 e. The van der Waals surface area contributed by atoms with Gasteiger partial charge in [0.25, 0.3) is 0 Å². The van der Waals surface area contributed by atoms with E-state index in [1.54, 1.807) is 44.2 Å². The van der Waals surface area contributed by atoms with Crippen LogP contribution >= 0.6 is 0 Å². The molecule has 0 atom stereocenters. The molecule has 7 heteroatoms. The molecule has 0 radical (unpaired) electrons.